The van der Waals surface area contributed by atoms with Crippen LogP contribution in [-0.2, 0) is 9.53 Å². The second-order valence-corrected chi connectivity index (χ2v) is 5.19. The van der Waals surface area contributed by atoms with E-state index in [1.807, 2.05) is 6.07 Å². The molecule has 1 unspecified atom stereocenters. The number of methoxy groups -OCH3 is 1. The van der Waals surface area contributed by atoms with Gasteiger partial charge in [-0.15, -0.1) is 0 Å². The van der Waals surface area contributed by atoms with Crippen LogP contribution in [-0.4, -0.2) is 13.1 Å². The topological polar surface area (TPSA) is 26.3 Å². The number of hydrogen-bond acceptors (Lipinski definition) is 2. The Morgan fingerprint density at radius 1 is 1.29 bits per heavy atom. The van der Waals surface area contributed by atoms with E-state index in [9.17, 15) is 4.79 Å². The van der Waals surface area contributed by atoms with E-state index in [-0.39, 0.29) is 11.9 Å². The van der Waals surface area contributed by atoms with Gasteiger partial charge in [-0.1, -0.05) is 43.1 Å². The third-order valence-corrected chi connectivity index (χ3v) is 3.28. The number of carbonyl (C=O) groups is 1. The van der Waals surface area contributed by atoms with E-state index in [2.05, 4.69) is 13.8 Å². The molecule has 0 saturated carbocycles. The quantitative estimate of drug-likeness (QED) is 0.766. The molecule has 0 bridgehead atoms. The number of benzene rings is 1. The number of rotatable bonds is 4. The van der Waals surface area contributed by atoms with Crippen LogP contribution < -0.4 is 0 Å². The minimum atomic E-state index is -0.283. The van der Waals surface area contributed by atoms with E-state index in [0.717, 1.165) is 12.0 Å². The summed E-state index contributed by atoms with van der Waals surface area (Å²) in [5, 5.41) is 0.949. The molecular weight excluding hydrogens is 259 g/mol. The summed E-state index contributed by atoms with van der Waals surface area (Å²) in [6, 6.07) is 5.25. The molecule has 1 atom stereocenters. The average molecular weight is 275 g/mol. The highest BCUT2D eigenvalue weighted by Gasteiger charge is 2.23. The monoisotopic (exact) mass is 274 g/mol. The molecule has 1 aromatic carbocycles. The standard InChI is InChI=1S/C13H16Cl2O2/c1-8(2)6-10(13(16)17-3)9-4-5-11(14)12(15)7-9/h4-5,7-8,10H,6H2,1-3H3. The van der Waals surface area contributed by atoms with Crippen LogP contribution in [0.4, 0.5) is 0 Å². The summed E-state index contributed by atoms with van der Waals surface area (Å²) in [5.74, 6) is -0.125. The van der Waals surface area contributed by atoms with Gasteiger partial charge in [-0.25, -0.2) is 0 Å². The van der Waals surface area contributed by atoms with E-state index >= 15 is 0 Å². The highest BCUT2D eigenvalue weighted by atomic mass is 35.5. The predicted octanol–water partition coefficient (Wildman–Crippen LogP) is 4.30. The normalized spacial score (nSPS) is 12.6. The first kappa shape index (κ1) is 14.3. The smallest absolute Gasteiger partial charge is 0.313 e. The van der Waals surface area contributed by atoms with E-state index in [0.29, 0.717) is 16.0 Å². The average Bonchev–Trinajstić information content (AvgIpc) is 2.28. The fourth-order valence-corrected chi connectivity index (χ4v) is 2.02. The van der Waals surface area contributed by atoms with Crippen molar-refractivity contribution >= 4 is 29.2 Å². The molecule has 1 rings (SSSR count). The Hall–Kier alpha value is -0.730. The van der Waals surface area contributed by atoms with Crippen molar-refractivity contribution < 1.29 is 9.53 Å². The molecule has 0 aromatic heterocycles. The molecule has 0 spiro atoms. The number of ether oxygens (including phenoxy) is 1. The summed E-state index contributed by atoms with van der Waals surface area (Å²) in [4.78, 5) is 11.7. The first-order valence-electron chi connectivity index (χ1n) is 5.48. The lowest BCUT2D eigenvalue weighted by molar-refractivity contribution is -0.142. The van der Waals surface area contributed by atoms with Crippen LogP contribution in [0.3, 0.4) is 0 Å². The van der Waals surface area contributed by atoms with Crippen molar-refractivity contribution in [1.29, 1.82) is 0 Å². The highest BCUT2D eigenvalue weighted by molar-refractivity contribution is 6.42. The molecule has 0 fully saturated rings. The molecule has 0 amide bonds. The Morgan fingerprint density at radius 3 is 2.41 bits per heavy atom. The number of esters is 1. The largest absolute Gasteiger partial charge is 0.469 e. The molecule has 17 heavy (non-hydrogen) atoms. The second-order valence-electron chi connectivity index (χ2n) is 4.38. The van der Waals surface area contributed by atoms with Gasteiger partial charge in [-0.05, 0) is 30.0 Å². The molecule has 0 N–H and O–H groups in total. The number of hydrogen-bond donors (Lipinski definition) is 0. The zero-order chi connectivity index (χ0) is 13.0. The molecule has 0 heterocycles. The van der Waals surface area contributed by atoms with Crippen molar-refractivity contribution in [2.24, 2.45) is 5.92 Å². The zero-order valence-electron chi connectivity index (χ0n) is 10.2. The van der Waals surface area contributed by atoms with Gasteiger partial charge < -0.3 is 4.74 Å². The summed E-state index contributed by atoms with van der Waals surface area (Å²) < 4.78 is 4.82. The lowest BCUT2D eigenvalue weighted by Crippen LogP contribution is -2.16. The van der Waals surface area contributed by atoms with Crippen LogP contribution in [0.1, 0.15) is 31.7 Å². The Labute approximate surface area is 112 Å². The van der Waals surface area contributed by atoms with Gasteiger partial charge >= 0.3 is 5.97 Å². The zero-order valence-corrected chi connectivity index (χ0v) is 11.7. The summed E-state index contributed by atoms with van der Waals surface area (Å²) in [6.07, 6.45) is 0.727. The summed E-state index contributed by atoms with van der Waals surface area (Å²) in [5.41, 5.74) is 0.847. The van der Waals surface area contributed by atoms with Crippen LogP contribution in [0.15, 0.2) is 18.2 Å². The van der Waals surface area contributed by atoms with Gasteiger partial charge in [0.2, 0.25) is 0 Å². The van der Waals surface area contributed by atoms with E-state index in [1.54, 1.807) is 12.1 Å². The van der Waals surface area contributed by atoms with Crippen LogP contribution in [0.25, 0.3) is 0 Å². The molecule has 4 heteroatoms. The molecule has 0 aliphatic heterocycles. The first-order valence-corrected chi connectivity index (χ1v) is 6.24. The third-order valence-electron chi connectivity index (χ3n) is 2.54. The summed E-state index contributed by atoms with van der Waals surface area (Å²) in [7, 11) is 1.40. The molecule has 0 aliphatic rings. The fraction of sp³-hybridized carbons (Fsp3) is 0.462. The number of halogens is 2. The predicted molar refractivity (Wildman–Crippen MR) is 70.7 cm³/mol. The molecule has 2 nitrogen and oxygen atoms in total. The second kappa shape index (κ2) is 6.27. The van der Waals surface area contributed by atoms with Gasteiger partial charge in [0.25, 0.3) is 0 Å². The SMILES string of the molecule is COC(=O)C(CC(C)C)c1ccc(Cl)c(Cl)c1. The highest BCUT2D eigenvalue weighted by Crippen LogP contribution is 2.30. The van der Waals surface area contributed by atoms with Crippen LogP contribution in [0, 0.1) is 5.92 Å². The van der Waals surface area contributed by atoms with Crippen LogP contribution >= 0.6 is 23.2 Å². The van der Waals surface area contributed by atoms with Crippen molar-refractivity contribution in [3.63, 3.8) is 0 Å². The first-order chi connectivity index (χ1) is 7.95. The van der Waals surface area contributed by atoms with Crippen molar-refractivity contribution in [2.75, 3.05) is 7.11 Å². The third kappa shape index (κ3) is 3.90. The van der Waals surface area contributed by atoms with Crippen molar-refractivity contribution in [3.05, 3.63) is 33.8 Å². The van der Waals surface area contributed by atoms with Crippen LogP contribution in [0.2, 0.25) is 10.0 Å². The van der Waals surface area contributed by atoms with Crippen LogP contribution in [0.5, 0.6) is 0 Å². The summed E-state index contributed by atoms with van der Waals surface area (Å²) >= 11 is 11.8. The van der Waals surface area contributed by atoms with Gasteiger partial charge in [-0.3, -0.25) is 4.79 Å². The molecule has 0 aliphatic carbocycles. The van der Waals surface area contributed by atoms with E-state index < -0.39 is 0 Å². The van der Waals surface area contributed by atoms with Gasteiger partial charge in [0.05, 0.1) is 23.1 Å². The van der Waals surface area contributed by atoms with E-state index in [1.165, 1.54) is 7.11 Å². The molecule has 1 aromatic rings. The molecule has 0 radical (unpaired) electrons. The summed E-state index contributed by atoms with van der Waals surface area (Å²) in [6.45, 7) is 4.13. The minimum absolute atomic E-state index is 0.239. The Kier molecular flexibility index (Phi) is 5.29. The van der Waals surface area contributed by atoms with Gasteiger partial charge in [0.15, 0.2) is 0 Å². The van der Waals surface area contributed by atoms with E-state index in [4.69, 9.17) is 27.9 Å². The van der Waals surface area contributed by atoms with Gasteiger partial charge in [0.1, 0.15) is 0 Å². The lowest BCUT2D eigenvalue weighted by atomic mass is 9.90. The Balaban J connectivity index is 3.03. The Morgan fingerprint density at radius 2 is 1.94 bits per heavy atom. The maximum Gasteiger partial charge on any atom is 0.313 e. The fourth-order valence-electron chi connectivity index (χ4n) is 1.71. The van der Waals surface area contributed by atoms with Crippen molar-refractivity contribution in [3.8, 4) is 0 Å². The maximum absolute atomic E-state index is 11.7. The molecule has 94 valence electrons. The van der Waals surface area contributed by atoms with Gasteiger partial charge in [0, 0.05) is 0 Å². The minimum Gasteiger partial charge on any atom is -0.469 e. The van der Waals surface area contributed by atoms with Crippen molar-refractivity contribution in [1.82, 2.24) is 0 Å². The Bertz CT molecular complexity index is 402. The van der Waals surface area contributed by atoms with Crippen molar-refractivity contribution in [2.45, 2.75) is 26.2 Å². The van der Waals surface area contributed by atoms with Gasteiger partial charge in [-0.2, -0.15) is 0 Å². The maximum atomic E-state index is 11.7. The molecular formula is C13H16Cl2O2. The lowest BCUT2D eigenvalue weighted by Gasteiger charge is -2.17. The number of carbonyl (C=O) groups excluding carboxylic acids is 1. The molecule has 0 saturated heterocycles.